The number of amides is 1. The Morgan fingerprint density at radius 2 is 1.45 bits per heavy atom. The van der Waals surface area contributed by atoms with E-state index in [1.807, 2.05) is 48.5 Å². The zero-order chi connectivity index (χ0) is 21.6. The molecule has 1 amide bonds. The summed E-state index contributed by atoms with van der Waals surface area (Å²) in [6, 6.07) is 25.4. The van der Waals surface area contributed by atoms with Crippen LogP contribution in [-0.4, -0.2) is 16.0 Å². The minimum Gasteiger partial charge on any atom is -0.386 e. The summed E-state index contributed by atoms with van der Waals surface area (Å²) >= 11 is 0. The Labute approximate surface area is 180 Å². The number of pyridine rings is 1. The quantitative estimate of drug-likeness (QED) is 0.464. The predicted molar refractivity (Wildman–Crippen MR) is 118 cm³/mol. The second-order valence-electron chi connectivity index (χ2n) is 7.15. The van der Waals surface area contributed by atoms with Gasteiger partial charge in [0, 0.05) is 23.5 Å². The number of nitrogens with one attached hydrogen (secondary N) is 1. The molecule has 5 heteroatoms. The molecule has 0 saturated carbocycles. The van der Waals surface area contributed by atoms with Crippen molar-refractivity contribution in [2.24, 2.45) is 0 Å². The summed E-state index contributed by atoms with van der Waals surface area (Å²) in [7, 11) is 0. The first-order chi connectivity index (χ1) is 15.1. The Balaban J connectivity index is 1.61. The smallest absolute Gasteiger partial charge is 0.251 e. The molecule has 4 rings (SSSR count). The molecule has 31 heavy (non-hydrogen) atoms. The number of aliphatic hydroxyl groups excluding tert-OH is 1. The molecule has 0 aliphatic carbocycles. The SMILES string of the molecule is O=C(NC(c1ccccc1)C(O)c1ccccc1)c1ccc(-c2ccncc2)c(F)c1. The molecule has 0 spiro atoms. The van der Waals surface area contributed by atoms with Gasteiger partial charge < -0.3 is 10.4 Å². The summed E-state index contributed by atoms with van der Waals surface area (Å²) in [6.45, 7) is 0. The highest BCUT2D eigenvalue weighted by molar-refractivity contribution is 5.95. The van der Waals surface area contributed by atoms with Crippen LogP contribution >= 0.6 is 0 Å². The Kier molecular flexibility index (Phi) is 6.15. The van der Waals surface area contributed by atoms with E-state index in [-0.39, 0.29) is 5.56 Å². The lowest BCUT2D eigenvalue weighted by Crippen LogP contribution is -2.32. The van der Waals surface area contributed by atoms with Crippen LogP contribution in [0.3, 0.4) is 0 Å². The first-order valence-electron chi connectivity index (χ1n) is 9.92. The number of hydrogen-bond acceptors (Lipinski definition) is 3. The van der Waals surface area contributed by atoms with Gasteiger partial charge in [-0.1, -0.05) is 66.7 Å². The van der Waals surface area contributed by atoms with Crippen LogP contribution in [0.2, 0.25) is 0 Å². The van der Waals surface area contributed by atoms with Crippen LogP contribution in [0, 0.1) is 5.82 Å². The predicted octanol–water partition coefficient (Wildman–Crippen LogP) is 5.09. The van der Waals surface area contributed by atoms with Crippen molar-refractivity contribution in [3.63, 3.8) is 0 Å². The highest BCUT2D eigenvalue weighted by atomic mass is 19.1. The number of hydrogen-bond donors (Lipinski definition) is 2. The van der Waals surface area contributed by atoms with E-state index < -0.39 is 23.9 Å². The maximum Gasteiger partial charge on any atom is 0.251 e. The van der Waals surface area contributed by atoms with E-state index in [9.17, 15) is 14.3 Å². The summed E-state index contributed by atoms with van der Waals surface area (Å²) in [6.07, 6.45) is 2.21. The fraction of sp³-hybridized carbons (Fsp3) is 0.0769. The average molecular weight is 412 g/mol. The molecule has 2 atom stereocenters. The van der Waals surface area contributed by atoms with Crippen molar-refractivity contribution in [3.05, 3.63) is 126 Å². The Morgan fingerprint density at radius 1 is 0.839 bits per heavy atom. The summed E-state index contributed by atoms with van der Waals surface area (Å²) in [5.41, 5.74) is 2.68. The van der Waals surface area contributed by atoms with Gasteiger partial charge in [0.1, 0.15) is 11.9 Å². The second-order valence-corrected chi connectivity index (χ2v) is 7.15. The third kappa shape index (κ3) is 4.68. The van der Waals surface area contributed by atoms with Crippen LogP contribution in [-0.2, 0) is 0 Å². The molecule has 0 radical (unpaired) electrons. The molecule has 4 aromatic rings. The van der Waals surface area contributed by atoms with E-state index in [1.54, 1.807) is 48.8 Å². The summed E-state index contributed by atoms with van der Waals surface area (Å²) < 4.78 is 14.7. The molecule has 1 heterocycles. The molecule has 2 N–H and O–H groups in total. The highest BCUT2D eigenvalue weighted by Gasteiger charge is 2.25. The van der Waals surface area contributed by atoms with Crippen LogP contribution in [0.15, 0.2) is 103 Å². The Bertz CT molecular complexity index is 1150. The normalized spacial score (nSPS) is 12.7. The number of carbonyl (C=O) groups is 1. The van der Waals surface area contributed by atoms with Crippen molar-refractivity contribution in [2.45, 2.75) is 12.1 Å². The molecule has 1 aromatic heterocycles. The van der Waals surface area contributed by atoms with Gasteiger partial charge in [0.25, 0.3) is 5.91 Å². The summed E-state index contributed by atoms with van der Waals surface area (Å²) in [5.74, 6) is -0.970. The molecule has 0 aliphatic heterocycles. The van der Waals surface area contributed by atoms with Gasteiger partial charge >= 0.3 is 0 Å². The third-order valence-electron chi connectivity index (χ3n) is 5.12. The molecule has 154 valence electrons. The molecule has 0 aliphatic rings. The van der Waals surface area contributed by atoms with E-state index in [2.05, 4.69) is 10.3 Å². The van der Waals surface area contributed by atoms with Crippen molar-refractivity contribution >= 4 is 5.91 Å². The van der Waals surface area contributed by atoms with Gasteiger partial charge in [0.2, 0.25) is 0 Å². The minimum absolute atomic E-state index is 0.177. The average Bonchev–Trinajstić information content (AvgIpc) is 2.83. The van der Waals surface area contributed by atoms with Crippen LogP contribution in [0.4, 0.5) is 4.39 Å². The lowest BCUT2D eigenvalue weighted by molar-refractivity contribution is 0.0831. The van der Waals surface area contributed by atoms with Gasteiger partial charge in [-0.25, -0.2) is 4.39 Å². The van der Waals surface area contributed by atoms with E-state index in [4.69, 9.17) is 0 Å². The number of aliphatic hydroxyl groups is 1. The number of benzene rings is 3. The van der Waals surface area contributed by atoms with Gasteiger partial charge in [-0.05, 0) is 41.0 Å². The standard InChI is InChI=1S/C26H21FN2O2/c27-23-17-21(11-12-22(23)18-13-15-28-16-14-18)26(31)29-24(19-7-3-1-4-8-19)25(30)20-9-5-2-6-10-20/h1-17,24-25,30H,(H,29,31). The van der Waals surface area contributed by atoms with E-state index in [0.29, 0.717) is 16.7 Å². The van der Waals surface area contributed by atoms with E-state index >= 15 is 0 Å². The number of aromatic nitrogens is 1. The third-order valence-corrected chi connectivity index (χ3v) is 5.12. The van der Waals surface area contributed by atoms with Gasteiger partial charge in [0.15, 0.2) is 0 Å². The maximum absolute atomic E-state index is 14.7. The zero-order valence-corrected chi connectivity index (χ0v) is 16.7. The van der Waals surface area contributed by atoms with Crippen molar-refractivity contribution in [1.29, 1.82) is 0 Å². The fourth-order valence-corrected chi connectivity index (χ4v) is 3.49. The van der Waals surface area contributed by atoms with Crippen molar-refractivity contribution in [1.82, 2.24) is 10.3 Å². The molecule has 4 nitrogen and oxygen atoms in total. The number of nitrogens with zero attached hydrogens (tertiary/aromatic N) is 1. The maximum atomic E-state index is 14.7. The van der Waals surface area contributed by atoms with Crippen molar-refractivity contribution < 1.29 is 14.3 Å². The topological polar surface area (TPSA) is 62.2 Å². The number of rotatable bonds is 6. The number of carbonyl (C=O) groups excluding carboxylic acids is 1. The molecular weight excluding hydrogens is 391 g/mol. The summed E-state index contributed by atoms with van der Waals surface area (Å²) in [5, 5.41) is 13.9. The van der Waals surface area contributed by atoms with Gasteiger partial charge in [0.05, 0.1) is 6.04 Å². The monoisotopic (exact) mass is 412 g/mol. The largest absolute Gasteiger partial charge is 0.386 e. The minimum atomic E-state index is -0.964. The van der Waals surface area contributed by atoms with Gasteiger partial charge in [-0.15, -0.1) is 0 Å². The van der Waals surface area contributed by atoms with Crippen LogP contribution in [0.25, 0.3) is 11.1 Å². The fourth-order valence-electron chi connectivity index (χ4n) is 3.49. The zero-order valence-electron chi connectivity index (χ0n) is 16.7. The van der Waals surface area contributed by atoms with Crippen LogP contribution < -0.4 is 5.32 Å². The lowest BCUT2D eigenvalue weighted by Gasteiger charge is -2.25. The van der Waals surface area contributed by atoms with E-state index in [0.717, 1.165) is 5.56 Å². The van der Waals surface area contributed by atoms with Gasteiger partial charge in [-0.3, -0.25) is 9.78 Å². The van der Waals surface area contributed by atoms with Crippen LogP contribution in [0.5, 0.6) is 0 Å². The Morgan fingerprint density at radius 3 is 2.06 bits per heavy atom. The molecule has 3 aromatic carbocycles. The van der Waals surface area contributed by atoms with Crippen LogP contribution in [0.1, 0.15) is 33.6 Å². The molecular formula is C26H21FN2O2. The number of halogens is 1. The highest BCUT2D eigenvalue weighted by Crippen LogP contribution is 2.29. The second kappa shape index (κ2) is 9.32. The lowest BCUT2D eigenvalue weighted by atomic mass is 9.95. The molecule has 0 saturated heterocycles. The molecule has 0 fully saturated rings. The Hall–Kier alpha value is -3.83. The summed E-state index contributed by atoms with van der Waals surface area (Å²) in [4.78, 5) is 16.9. The van der Waals surface area contributed by atoms with Crippen molar-refractivity contribution in [3.8, 4) is 11.1 Å². The van der Waals surface area contributed by atoms with Gasteiger partial charge in [-0.2, -0.15) is 0 Å². The first kappa shape index (κ1) is 20.4. The molecule has 2 unspecified atom stereocenters. The van der Waals surface area contributed by atoms with E-state index in [1.165, 1.54) is 6.07 Å². The first-order valence-corrected chi connectivity index (χ1v) is 9.92. The van der Waals surface area contributed by atoms with Crippen molar-refractivity contribution in [2.75, 3.05) is 0 Å². The molecule has 0 bridgehead atoms.